The minimum Gasteiger partial charge on any atom is -0.301 e. The monoisotopic (exact) mass is 426 g/mol. The molecule has 1 aliphatic heterocycles. The van der Waals surface area contributed by atoms with Gasteiger partial charge in [0.2, 0.25) is 0 Å². The molecule has 32 heavy (non-hydrogen) atoms. The Bertz CT molecular complexity index is 1140. The molecule has 3 heteroatoms. The van der Waals surface area contributed by atoms with Gasteiger partial charge in [0.05, 0.1) is 11.6 Å². The van der Waals surface area contributed by atoms with Gasteiger partial charge in [0, 0.05) is 22.6 Å². The Morgan fingerprint density at radius 3 is 2.28 bits per heavy atom. The van der Waals surface area contributed by atoms with Crippen LogP contribution < -0.4 is 0 Å². The molecule has 2 aromatic rings. The quantitative estimate of drug-likeness (QED) is 0.570. The van der Waals surface area contributed by atoms with Gasteiger partial charge in [-0.3, -0.25) is 4.79 Å². The lowest BCUT2D eigenvalue weighted by Gasteiger charge is -2.38. The second-order valence-electron chi connectivity index (χ2n) is 10.3. The van der Waals surface area contributed by atoms with Gasteiger partial charge < -0.3 is 4.90 Å². The summed E-state index contributed by atoms with van der Waals surface area (Å²) in [6.07, 6.45) is 2.35. The largest absolute Gasteiger partial charge is 0.301 e. The van der Waals surface area contributed by atoms with Crippen LogP contribution in [0.3, 0.4) is 0 Å². The van der Waals surface area contributed by atoms with Gasteiger partial charge >= 0.3 is 0 Å². The first-order valence-electron chi connectivity index (χ1n) is 11.8. The molecule has 0 bridgehead atoms. The summed E-state index contributed by atoms with van der Waals surface area (Å²) in [7, 11) is 0. The SMILES string of the molecule is CC1=C(c2ccc(C#N)cc2C)C(=O)c2ccc(C3CCN(C(C)C)CC3)cc2C1(C)C. The Balaban J connectivity index is 1.72. The molecule has 0 aromatic heterocycles. The number of rotatable bonds is 3. The molecular weight excluding hydrogens is 392 g/mol. The molecule has 0 spiro atoms. The number of hydrogen-bond acceptors (Lipinski definition) is 3. The summed E-state index contributed by atoms with van der Waals surface area (Å²) >= 11 is 0. The molecule has 1 heterocycles. The van der Waals surface area contributed by atoms with Crippen molar-refractivity contribution in [3.63, 3.8) is 0 Å². The van der Waals surface area contributed by atoms with Crippen LogP contribution in [0.5, 0.6) is 0 Å². The van der Waals surface area contributed by atoms with Crippen molar-refractivity contribution in [1.82, 2.24) is 4.90 Å². The Kier molecular flexibility index (Phi) is 5.86. The van der Waals surface area contributed by atoms with E-state index in [1.807, 2.05) is 25.1 Å². The van der Waals surface area contributed by atoms with E-state index < -0.39 is 0 Å². The first-order valence-corrected chi connectivity index (χ1v) is 11.8. The Morgan fingerprint density at radius 2 is 1.69 bits per heavy atom. The third-order valence-corrected chi connectivity index (χ3v) is 7.86. The van der Waals surface area contributed by atoms with Gasteiger partial charge in [0.25, 0.3) is 0 Å². The van der Waals surface area contributed by atoms with E-state index in [1.165, 1.54) is 18.4 Å². The predicted molar refractivity (Wildman–Crippen MR) is 131 cm³/mol. The van der Waals surface area contributed by atoms with E-state index in [0.29, 0.717) is 17.5 Å². The van der Waals surface area contributed by atoms with Gasteiger partial charge in [-0.05, 0) is 93.9 Å². The summed E-state index contributed by atoms with van der Waals surface area (Å²) < 4.78 is 0. The van der Waals surface area contributed by atoms with Gasteiger partial charge in [-0.1, -0.05) is 43.7 Å². The van der Waals surface area contributed by atoms with Crippen molar-refractivity contribution in [1.29, 1.82) is 5.26 Å². The third-order valence-electron chi connectivity index (χ3n) is 7.86. The predicted octanol–water partition coefficient (Wildman–Crippen LogP) is 6.40. The topological polar surface area (TPSA) is 44.1 Å². The summed E-state index contributed by atoms with van der Waals surface area (Å²) in [5.74, 6) is 0.665. The number of Topliss-reactive ketones (excluding diaryl/α,β-unsaturated/α-hetero) is 1. The number of nitrogens with zero attached hydrogens (tertiary/aromatic N) is 2. The van der Waals surface area contributed by atoms with Crippen molar-refractivity contribution in [2.45, 2.75) is 71.8 Å². The van der Waals surface area contributed by atoms with Crippen LogP contribution in [0, 0.1) is 18.3 Å². The van der Waals surface area contributed by atoms with Gasteiger partial charge in [-0.15, -0.1) is 0 Å². The number of carbonyl (C=O) groups excluding carboxylic acids is 1. The molecule has 0 radical (unpaired) electrons. The van der Waals surface area contributed by atoms with Crippen molar-refractivity contribution in [2.75, 3.05) is 13.1 Å². The summed E-state index contributed by atoms with van der Waals surface area (Å²) in [4.78, 5) is 16.3. The lowest BCUT2D eigenvalue weighted by atomic mass is 9.66. The van der Waals surface area contributed by atoms with Crippen LogP contribution in [0.4, 0.5) is 0 Å². The molecule has 3 nitrogen and oxygen atoms in total. The second kappa shape index (κ2) is 8.34. The molecule has 4 rings (SSSR count). The van der Waals surface area contributed by atoms with Crippen LogP contribution in [-0.2, 0) is 5.41 Å². The minimum absolute atomic E-state index is 0.103. The van der Waals surface area contributed by atoms with E-state index in [4.69, 9.17) is 0 Å². The van der Waals surface area contributed by atoms with Crippen LogP contribution in [0.1, 0.15) is 91.6 Å². The molecule has 1 fully saturated rings. The van der Waals surface area contributed by atoms with Crippen molar-refractivity contribution in [3.8, 4) is 6.07 Å². The summed E-state index contributed by atoms with van der Waals surface area (Å²) in [6, 6.07) is 15.0. The van der Waals surface area contributed by atoms with Gasteiger partial charge in [0.1, 0.15) is 0 Å². The third kappa shape index (κ3) is 3.71. The van der Waals surface area contributed by atoms with Crippen LogP contribution >= 0.6 is 0 Å². The summed E-state index contributed by atoms with van der Waals surface area (Å²) in [5.41, 5.74) is 7.56. The fraction of sp³-hybridized carbons (Fsp3) is 0.448. The molecule has 0 unspecified atom stereocenters. The van der Waals surface area contributed by atoms with Crippen LogP contribution in [-0.4, -0.2) is 29.8 Å². The van der Waals surface area contributed by atoms with Crippen LogP contribution in [0.15, 0.2) is 42.0 Å². The van der Waals surface area contributed by atoms with E-state index in [9.17, 15) is 10.1 Å². The Morgan fingerprint density at radius 1 is 1.03 bits per heavy atom. The highest BCUT2D eigenvalue weighted by molar-refractivity contribution is 6.32. The van der Waals surface area contributed by atoms with Crippen molar-refractivity contribution >= 4 is 11.4 Å². The maximum atomic E-state index is 13.7. The highest BCUT2D eigenvalue weighted by atomic mass is 16.1. The molecule has 0 N–H and O–H groups in total. The van der Waals surface area contributed by atoms with E-state index in [1.54, 1.807) is 0 Å². The molecule has 0 atom stereocenters. The number of nitriles is 1. The number of carbonyl (C=O) groups is 1. The van der Waals surface area contributed by atoms with Crippen LogP contribution in [0.2, 0.25) is 0 Å². The van der Waals surface area contributed by atoms with E-state index in [2.05, 4.69) is 63.8 Å². The first kappa shape index (κ1) is 22.5. The standard InChI is InChI=1S/C29H34N2O/c1-18(2)31-13-11-22(12-14-31)23-8-10-25-26(16-23)29(5,6)20(4)27(28(25)32)24-9-7-21(17-30)15-19(24)3/h7-10,15-16,18,22H,11-14H2,1-6H3. The molecule has 2 aromatic carbocycles. The number of hydrogen-bond donors (Lipinski definition) is 0. The zero-order valence-corrected chi connectivity index (χ0v) is 20.2. The zero-order chi connectivity index (χ0) is 23.2. The first-order chi connectivity index (χ1) is 15.1. The number of ketones is 1. The summed E-state index contributed by atoms with van der Waals surface area (Å²) in [5, 5.41) is 9.22. The number of likely N-dealkylation sites (tertiary alicyclic amines) is 1. The molecule has 0 saturated carbocycles. The lowest BCUT2D eigenvalue weighted by Crippen LogP contribution is -2.38. The van der Waals surface area contributed by atoms with Gasteiger partial charge in [-0.2, -0.15) is 5.26 Å². The highest BCUT2D eigenvalue weighted by Gasteiger charge is 2.38. The lowest BCUT2D eigenvalue weighted by molar-refractivity contribution is 0.105. The average molecular weight is 427 g/mol. The maximum Gasteiger partial charge on any atom is 0.193 e. The normalized spacial score (nSPS) is 19.2. The van der Waals surface area contributed by atoms with E-state index in [-0.39, 0.29) is 11.2 Å². The molecule has 2 aliphatic rings. The molecule has 0 amide bonds. The average Bonchev–Trinajstić information content (AvgIpc) is 2.78. The fourth-order valence-corrected chi connectivity index (χ4v) is 5.44. The number of allylic oxidation sites excluding steroid dienone is 2. The second-order valence-corrected chi connectivity index (χ2v) is 10.3. The van der Waals surface area contributed by atoms with E-state index in [0.717, 1.165) is 46.5 Å². The molecular formula is C29H34N2O. The van der Waals surface area contributed by atoms with Gasteiger partial charge in [-0.25, -0.2) is 0 Å². The van der Waals surface area contributed by atoms with E-state index >= 15 is 0 Å². The van der Waals surface area contributed by atoms with Gasteiger partial charge in [0.15, 0.2) is 5.78 Å². The highest BCUT2D eigenvalue weighted by Crippen LogP contribution is 2.45. The smallest absolute Gasteiger partial charge is 0.193 e. The minimum atomic E-state index is -0.229. The number of benzene rings is 2. The number of aryl methyl sites for hydroxylation is 1. The molecule has 1 aliphatic carbocycles. The van der Waals surface area contributed by atoms with Crippen molar-refractivity contribution < 1.29 is 4.79 Å². The van der Waals surface area contributed by atoms with Crippen molar-refractivity contribution in [2.24, 2.45) is 0 Å². The molecule has 1 saturated heterocycles. The van der Waals surface area contributed by atoms with Crippen molar-refractivity contribution in [3.05, 3.63) is 75.4 Å². The summed E-state index contributed by atoms with van der Waals surface area (Å²) in [6.45, 7) is 15.4. The maximum absolute atomic E-state index is 13.7. The van der Waals surface area contributed by atoms with Crippen LogP contribution in [0.25, 0.3) is 5.57 Å². The Hall–Kier alpha value is -2.70. The zero-order valence-electron chi connectivity index (χ0n) is 20.2. The fourth-order valence-electron chi connectivity index (χ4n) is 5.44. The number of fused-ring (bicyclic) bond motifs is 1. The number of piperidine rings is 1. The Labute approximate surface area is 192 Å². The molecule has 166 valence electrons.